The maximum atomic E-state index is 12.4. The molecule has 2 N–H and O–H groups in total. The van der Waals surface area contributed by atoms with Crippen molar-refractivity contribution in [2.75, 3.05) is 19.4 Å². The number of nitrogens with zero attached hydrogens (tertiary/aromatic N) is 1. The summed E-state index contributed by atoms with van der Waals surface area (Å²) in [6.45, 7) is 3.88. The Morgan fingerprint density at radius 2 is 1.75 bits per heavy atom. The maximum Gasteiger partial charge on any atom is 0.268 e. The van der Waals surface area contributed by atoms with Gasteiger partial charge in [-0.3, -0.25) is 15.0 Å². The number of carbonyl (C=O) groups excluding carboxylic acids is 2. The van der Waals surface area contributed by atoms with E-state index in [0.29, 0.717) is 21.9 Å². The lowest BCUT2D eigenvalue weighted by Crippen LogP contribution is -2.36. The number of hydrogen-bond acceptors (Lipinski definition) is 5. The van der Waals surface area contributed by atoms with Gasteiger partial charge in [0.15, 0.2) is 0 Å². The van der Waals surface area contributed by atoms with Crippen LogP contribution in [0, 0.1) is 0 Å². The van der Waals surface area contributed by atoms with E-state index in [2.05, 4.69) is 10.7 Å². The molecule has 0 aliphatic carbocycles. The minimum absolute atomic E-state index is 0.0774. The number of carbonyl (C=O) groups is 2. The van der Waals surface area contributed by atoms with Crippen molar-refractivity contribution in [3.05, 3.63) is 46.8 Å². The third-order valence-corrected chi connectivity index (χ3v) is 3.78. The van der Waals surface area contributed by atoms with Gasteiger partial charge >= 0.3 is 0 Å². The second kappa shape index (κ2) is 7.94. The van der Waals surface area contributed by atoms with E-state index >= 15 is 0 Å². The molecule has 0 spiro atoms. The van der Waals surface area contributed by atoms with Crippen molar-refractivity contribution in [1.29, 1.82) is 0 Å². The minimum Gasteiger partial charge on any atom is -0.491 e. The third-order valence-electron chi connectivity index (χ3n) is 2.95. The summed E-state index contributed by atoms with van der Waals surface area (Å²) in [7, 11) is 3.45. The third kappa shape index (κ3) is 4.81. The Kier molecular flexibility index (Phi) is 5.94. The summed E-state index contributed by atoms with van der Waals surface area (Å²) >= 11 is 1.30. The maximum absolute atomic E-state index is 12.4. The highest BCUT2D eigenvalue weighted by Gasteiger charge is 2.16. The zero-order valence-electron chi connectivity index (χ0n) is 14.1. The van der Waals surface area contributed by atoms with E-state index in [9.17, 15) is 9.59 Å². The average molecular weight is 347 g/mol. The van der Waals surface area contributed by atoms with Crippen LogP contribution < -0.4 is 15.5 Å². The van der Waals surface area contributed by atoms with Crippen LogP contribution in [0.5, 0.6) is 5.75 Å². The van der Waals surface area contributed by atoms with Crippen molar-refractivity contribution in [1.82, 2.24) is 10.4 Å². The zero-order valence-corrected chi connectivity index (χ0v) is 14.9. The molecule has 1 aromatic heterocycles. The van der Waals surface area contributed by atoms with Gasteiger partial charge in [-0.15, -0.1) is 11.3 Å². The highest BCUT2D eigenvalue weighted by atomic mass is 32.1. The molecule has 24 heavy (non-hydrogen) atoms. The Labute approximate surface area is 145 Å². The predicted octanol–water partition coefficient (Wildman–Crippen LogP) is 2.99. The molecule has 128 valence electrons. The molecule has 2 aromatic rings. The topological polar surface area (TPSA) is 70.7 Å². The molecule has 0 atom stereocenters. The largest absolute Gasteiger partial charge is 0.491 e. The molecular formula is C17H21N3O3S. The molecule has 0 unspecified atom stereocenters. The van der Waals surface area contributed by atoms with Crippen molar-refractivity contribution < 1.29 is 14.3 Å². The molecule has 0 aliphatic heterocycles. The molecule has 0 bridgehead atoms. The van der Waals surface area contributed by atoms with Crippen LogP contribution in [0.15, 0.2) is 35.7 Å². The molecule has 2 amide bonds. The second-order valence-electron chi connectivity index (χ2n) is 5.64. The molecule has 1 aromatic carbocycles. The minimum atomic E-state index is -0.271. The fourth-order valence-corrected chi connectivity index (χ4v) is 2.76. The average Bonchev–Trinajstić information content (AvgIpc) is 2.94. The smallest absolute Gasteiger partial charge is 0.268 e. The van der Waals surface area contributed by atoms with Gasteiger partial charge in [0.25, 0.3) is 11.8 Å². The zero-order chi connectivity index (χ0) is 17.7. The Morgan fingerprint density at radius 1 is 1.08 bits per heavy atom. The van der Waals surface area contributed by atoms with Gasteiger partial charge in [0.1, 0.15) is 10.8 Å². The monoisotopic (exact) mass is 347 g/mol. The second-order valence-corrected chi connectivity index (χ2v) is 6.56. The standard InChI is InChI=1S/C17H21N3O3S/c1-11(2)23-13-7-5-12(6-8-13)15(21)18-17-14(9-10-24-17)16(22)19-20(3)4/h5-11H,1-4H3,(H,18,21)(H,19,22). The Morgan fingerprint density at radius 3 is 2.33 bits per heavy atom. The van der Waals surface area contributed by atoms with Crippen molar-refractivity contribution in [3.63, 3.8) is 0 Å². The van der Waals surface area contributed by atoms with E-state index in [4.69, 9.17) is 4.74 Å². The summed E-state index contributed by atoms with van der Waals surface area (Å²) in [5.41, 5.74) is 3.59. The number of anilines is 1. The highest BCUT2D eigenvalue weighted by Crippen LogP contribution is 2.24. The van der Waals surface area contributed by atoms with Crippen molar-refractivity contribution >= 4 is 28.2 Å². The Balaban J connectivity index is 2.07. The normalized spacial score (nSPS) is 10.8. The van der Waals surface area contributed by atoms with Gasteiger partial charge in [-0.1, -0.05) is 0 Å². The number of nitrogens with one attached hydrogen (secondary N) is 2. The van der Waals surface area contributed by atoms with Crippen molar-refractivity contribution in [2.24, 2.45) is 0 Å². The molecule has 0 saturated carbocycles. The van der Waals surface area contributed by atoms with Crippen molar-refractivity contribution in [3.8, 4) is 5.75 Å². The Hall–Kier alpha value is -2.38. The first kappa shape index (κ1) is 18.0. The first-order chi connectivity index (χ1) is 11.4. The summed E-state index contributed by atoms with van der Waals surface area (Å²) < 4.78 is 5.56. The summed E-state index contributed by atoms with van der Waals surface area (Å²) in [6, 6.07) is 8.57. The molecular weight excluding hydrogens is 326 g/mol. The lowest BCUT2D eigenvalue weighted by molar-refractivity contribution is 0.0858. The van der Waals surface area contributed by atoms with Gasteiger partial charge in [-0.25, -0.2) is 5.01 Å². The van der Waals surface area contributed by atoms with Gasteiger partial charge < -0.3 is 10.1 Å². The first-order valence-corrected chi connectivity index (χ1v) is 8.38. The van der Waals surface area contributed by atoms with Crippen LogP contribution in [-0.4, -0.2) is 37.0 Å². The van der Waals surface area contributed by atoms with Crippen LogP contribution in [0.4, 0.5) is 5.00 Å². The van der Waals surface area contributed by atoms with E-state index in [1.165, 1.54) is 11.3 Å². The summed E-state index contributed by atoms with van der Waals surface area (Å²) in [6.07, 6.45) is 0.0774. The number of benzene rings is 1. The number of ether oxygens (including phenoxy) is 1. The SMILES string of the molecule is CC(C)Oc1ccc(C(=O)Nc2sccc2C(=O)NN(C)C)cc1. The van der Waals surface area contributed by atoms with Crippen LogP contribution in [0.3, 0.4) is 0 Å². The summed E-state index contributed by atoms with van der Waals surface area (Å²) in [5, 5.41) is 6.61. The first-order valence-electron chi connectivity index (χ1n) is 7.50. The quantitative estimate of drug-likeness (QED) is 0.788. The molecule has 0 radical (unpaired) electrons. The van der Waals surface area contributed by atoms with Gasteiger partial charge in [-0.05, 0) is 49.6 Å². The molecule has 0 fully saturated rings. The summed E-state index contributed by atoms with van der Waals surface area (Å²) in [4.78, 5) is 24.4. The predicted molar refractivity (Wildman–Crippen MR) is 95.6 cm³/mol. The van der Waals surface area contributed by atoms with Gasteiger partial charge in [0.05, 0.1) is 11.7 Å². The number of rotatable bonds is 6. The number of thiophene rings is 1. The number of amides is 2. The lowest BCUT2D eigenvalue weighted by Gasteiger charge is -2.12. The van der Waals surface area contributed by atoms with Crippen LogP contribution in [0.25, 0.3) is 0 Å². The molecule has 2 rings (SSSR count). The fraction of sp³-hybridized carbons (Fsp3) is 0.294. The molecule has 0 aliphatic rings. The van der Waals surface area contributed by atoms with Crippen LogP contribution in [0.2, 0.25) is 0 Å². The van der Waals surface area contributed by atoms with Crippen LogP contribution in [0.1, 0.15) is 34.6 Å². The van der Waals surface area contributed by atoms with E-state index in [1.807, 2.05) is 13.8 Å². The molecule has 7 heteroatoms. The summed E-state index contributed by atoms with van der Waals surface area (Å²) in [5.74, 6) is 0.174. The van der Waals surface area contributed by atoms with Gasteiger partial charge in [-0.2, -0.15) is 0 Å². The molecule has 1 heterocycles. The lowest BCUT2D eigenvalue weighted by atomic mass is 10.2. The molecule has 0 saturated heterocycles. The van der Waals surface area contributed by atoms with Gasteiger partial charge in [0, 0.05) is 19.7 Å². The molecule has 6 nitrogen and oxygen atoms in total. The van der Waals surface area contributed by atoms with Gasteiger partial charge in [0.2, 0.25) is 0 Å². The van der Waals surface area contributed by atoms with E-state index < -0.39 is 0 Å². The number of hydrazine groups is 1. The van der Waals surface area contributed by atoms with E-state index in [1.54, 1.807) is 54.8 Å². The Bertz CT molecular complexity index is 708. The highest BCUT2D eigenvalue weighted by molar-refractivity contribution is 7.14. The van der Waals surface area contributed by atoms with E-state index in [0.717, 1.165) is 0 Å². The number of hydrogen-bond donors (Lipinski definition) is 2. The fourth-order valence-electron chi connectivity index (χ4n) is 1.98. The van der Waals surface area contributed by atoms with Crippen LogP contribution >= 0.6 is 11.3 Å². The van der Waals surface area contributed by atoms with Crippen molar-refractivity contribution in [2.45, 2.75) is 20.0 Å². The van der Waals surface area contributed by atoms with Crippen LogP contribution in [-0.2, 0) is 0 Å². The van der Waals surface area contributed by atoms with E-state index in [-0.39, 0.29) is 17.9 Å².